The average Bonchev–Trinajstić information content (AvgIpc) is 3.37. The summed E-state index contributed by atoms with van der Waals surface area (Å²) >= 11 is 0. The van der Waals surface area contributed by atoms with E-state index in [-0.39, 0.29) is 11.9 Å². The molecule has 2 aliphatic heterocycles. The number of nitrogens with one attached hydrogen (secondary N) is 1. The molecule has 0 aliphatic carbocycles. The number of anilines is 1. The molecular weight excluding hydrogens is 440 g/mol. The van der Waals surface area contributed by atoms with Crippen molar-refractivity contribution in [3.05, 3.63) is 102 Å². The summed E-state index contributed by atoms with van der Waals surface area (Å²) in [6.45, 7) is 3.19. The fourth-order valence-electron chi connectivity index (χ4n) is 4.66. The van der Waals surface area contributed by atoms with Gasteiger partial charge in [-0.3, -0.25) is 14.7 Å². The molecule has 2 heterocycles. The summed E-state index contributed by atoms with van der Waals surface area (Å²) in [5.74, 6) is -0.725. The van der Waals surface area contributed by atoms with Crippen molar-refractivity contribution >= 4 is 23.3 Å². The van der Waals surface area contributed by atoms with Gasteiger partial charge in [0.25, 0.3) is 5.91 Å². The second kappa shape index (κ2) is 10.2. The molecule has 0 saturated carbocycles. The standard InChI is InChI=1S/C28H28N4O3/c1-20-28(34)35-30-32(27(33)25-17-10-18-31(25)19-21-11-4-2-5-12-21)24-16-9-8-15-23(24)26(29-20)22-13-6-3-7-14-22/h2-9,11-16,20,25,30H,10,17-19H2,1H3/b29-26+/t20-,25-/m1/s1. The molecule has 3 aromatic carbocycles. The van der Waals surface area contributed by atoms with Gasteiger partial charge >= 0.3 is 5.97 Å². The number of amides is 1. The minimum absolute atomic E-state index is 0.166. The van der Waals surface area contributed by atoms with Crippen molar-refractivity contribution in [3.63, 3.8) is 0 Å². The van der Waals surface area contributed by atoms with Crippen LogP contribution in [0.3, 0.4) is 0 Å². The monoisotopic (exact) mass is 468 g/mol. The van der Waals surface area contributed by atoms with E-state index in [0.29, 0.717) is 17.9 Å². The van der Waals surface area contributed by atoms with Crippen LogP contribution in [0.4, 0.5) is 5.69 Å². The highest BCUT2D eigenvalue weighted by Crippen LogP contribution is 2.28. The van der Waals surface area contributed by atoms with Gasteiger partial charge in [-0.1, -0.05) is 84.5 Å². The highest BCUT2D eigenvalue weighted by Gasteiger charge is 2.37. The number of hydrogen-bond acceptors (Lipinski definition) is 6. The van der Waals surface area contributed by atoms with E-state index in [1.807, 2.05) is 72.8 Å². The smallest absolute Gasteiger partial charge is 0.348 e. The molecule has 0 bridgehead atoms. The third-order valence-electron chi connectivity index (χ3n) is 6.45. The second-order valence-corrected chi connectivity index (χ2v) is 8.84. The molecule has 3 aromatic rings. The number of carbonyl (C=O) groups is 2. The molecule has 0 spiro atoms. The maximum absolute atomic E-state index is 14.0. The van der Waals surface area contributed by atoms with E-state index >= 15 is 0 Å². The van der Waals surface area contributed by atoms with Crippen LogP contribution in [0.15, 0.2) is 89.9 Å². The van der Waals surface area contributed by atoms with Crippen LogP contribution < -0.4 is 10.6 Å². The van der Waals surface area contributed by atoms with Crippen molar-refractivity contribution < 1.29 is 14.4 Å². The lowest BCUT2D eigenvalue weighted by molar-refractivity contribution is -0.154. The Morgan fingerprint density at radius 2 is 1.69 bits per heavy atom. The van der Waals surface area contributed by atoms with E-state index in [2.05, 4.69) is 22.6 Å². The van der Waals surface area contributed by atoms with Gasteiger partial charge < -0.3 is 4.84 Å². The Hall–Kier alpha value is -3.81. The zero-order valence-electron chi connectivity index (χ0n) is 19.6. The first-order valence-electron chi connectivity index (χ1n) is 11.9. The van der Waals surface area contributed by atoms with Crippen LogP contribution in [0.5, 0.6) is 0 Å². The van der Waals surface area contributed by atoms with Gasteiger partial charge in [0.2, 0.25) is 0 Å². The summed E-state index contributed by atoms with van der Waals surface area (Å²) < 4.78 is 0. The zero-order chi connectivity index (χ0) is 24.2. The quantitative estimate of drug-likeness (QED) is 0.629. The molecular formula is C28H28N4O3. The van der Waals surface area contributed by atoms with Crippen molar-refractivity contribution in [1.82, 2.24) is 10.5 Å². The van der Waals surface area contributed by atoms with Crippen LogP contribution in [0.2, 0.25) is 0 Å². The van der Waals surface area contributed by atoms with E-state index in [1.165, 1.54) is 5.01 Å². The van der Waals surface area contributed by atoms with Gasteiger partial charge in [-0.2, -0.15) is 0 Å². The predicted molar refractivity (Wildman–Crippen MR) is 135 cm³/mol. The Balaban J connectivity index is 1.53. The molecule has 1 saturated heterocycles. The van der Waals surface area contributed by atoms with Gasteiger partial charge in [0, 0.05) is 17.7 Å². The third-order valence-corrected chi connectivity index (χ3v) is 6.45. The van der Waals surface area contributed by atoms with Gasteiger partial charge in [-0.05, 0) is 37.9 Å². The molecule has 0 radical (unpaired) electrons. The Morgan fingerprint density at radius 1 is 1.00 bits per heavy atom. The Labute approximate surface area is 205 Å². The summed E-state index contributed by atoms with van der Waals surface area (Å²) in [6, 6.07) is 26.3. The minimum atomic E-state index is -0.748. The number of hydrazine groups is 1. The molecule has 2 atom stereocenters. The van der Waals surface area contributed by atoms with Gasteiger partial charge in [0.1, 0.15) is 6.04 Å². The molecule has 178 valence electrons. The van der Waals surface area contributed by atoms with E-state index in [4.69, 9.17) is 9.83 Å². The molecule has 7 heteroatoms. The number of carbonyl (C=O) groups excluding carboxylic acids is 2. The van der Waals surface area contributed by atoms with Crippen molar-refractivity contribution in [2.75, 3.05) is 11.6 Å². The van der Waals surface area contributed by atoms with Gasteiger partial charge in [0.05, 0.1) is 17.4 Å². The highest BCUT2D eigenvalue weighted by atomic mass is 16.7. The number of benzene rings is 3. The van der Waals surface area contributed by atoms with Gasteiger partial charge in [-0.25, -0.2) is 9.80 Å². The Kier molecular flexibility index (Phi) is 6.70. The number of hydrogen-bond donors (Lipinski definition) is 1. The summed E-state index contributed by atoms with van der Waals surface area (Å²) in [4.78, 5) is 38.9. The van der Waals surface area contributed by atoms with Crippen LogP contribution in [-0.2, 0) is 21.0 Å². The SMILES string of the molecule is C[C@H]1/N=C(\c2ccccc2)c2ccccc2N(C(=O)[C@H]2CCCN2Cc2ccccc2)NOC1=O. The number of likely N-dealkylation sites (tertiary alicyclic amines) is 1. The summed E-state index contributed by atoms with van der Waals surface area (Å²) in [7, 11) is 0. The summed E-state index contributed by atoms with van der Waals surface area (Å²) in [6.07, 6.45) is 1.66. The lowest BCUT2D eigenvalue weighted by Crippen LogP contribution is -2.52. The van der Waals surface area contributed by atoms with Gasteiger partial charge in [-0.15, -0.1) is 0 Å². The molecule has 1 amide bonds. The maximum atomic E-state index is 14.0. The Bertz CT molecular complexity index is 1230. The van der Waals surface area contributed by atoms with E-state index < -0.39 is 12.0 Å². The van der Waals surface area contributed by atoms with Gasteiger partial charge in [0.15, 0.2) is 0 Å². The van der Waals surface area contributed by atoms with E-state index in [0.717, 1.165) is 36.1 Å². The van der Waals surface area contributed by atoms with Crippen LogP contribution >= 0.6 is 0 Å². The summed E-state index contributed by atoms with van der Waals surface area (Å²) in [5.41, 5.74) is 6.66. The highest BCUT2D eigenvalue weighted by molar-refractivity contribution is 6.18. The number of rotatable bonds is 4. The molecule has 1 N–H and O–H groups in total. The average molecular weight is 469 g/mol. The van der Waals surface area contributed by atoms with Crippen molar-refractivity contribution in [2.45, 2.75) is 38.4 Å². The number of fused-ring (bicyclic) bond motifs is 1. The number of para-hydroxylation sites is 1. The largest absolute Gasteiger partial charge is 0.351 e. The first-order valence-corrected chi connectivity index (χ1v) is 11.9. The molecule has 35 heavy (non-hydrogen) atoms. The topological polar surface area (TPSA) is 74.2 Å². The van der Waals surface area contributed by atoms with Crippen molar-refractivity contribution in [2.24, 2.45) is 4.99 Å². The number of aliphatic imine (C=N–C) groups is 1. The maximum Gasteiger partial charge on any atom is 0.351 e. The van der Waals surface area contributed by atoms with Crippen LogP contribution in [0, 0.1) is 0 Å². The van der Waals surface area contributed by atoms with Crippen molar-refractivity contribution in [1.29, 1.82) is 0 Å². The zero-order valence-corrected chi connectivity index (χ0v) is 19.6. The lowest BCUT2D eigenvalue weighted by atomic mass is 9.99. The lowest BCUT2D eigenvalue weighted by Gasteiger charge is -2.30. The molecule has 7 nitrogen and oxygen atoms in total. The summed E-state index contributed by atoms with van der Waals surface area (Å²) in [5, 5.41) is 1.37. The fourth-order valence-corrected chi connectivity index (χ4v) is 4.66. The first kappa shape index (κ1) is 23.0. The predicted octanol–water partition coefficient (Wildman–Crippen LogP) is 3.89. The van der Waals surface area contributed by atoms with Crippen LogP contribution in [0.1, 0.15) is 36.5 Å². The minimum Gasteiger partial charge on any atom is -0.348 e. The molecule has 1 fully saturated rings. The van der Waals surface area contributed by atoms with Crippen molar-refractivity contribution in [3.8, 4) is 0 Å². The number of nitrogens with zero attached hydrogens (tertiary/aromatic N) is 3. The second-order valence-electron chi connectivity index (χ2n) is 8.84. The normalized spacial score (nSPS) is 22.3. The van der Waals surface area contributed by atoms with Crippen LogP contribution in [-0.4, -0.2) is 41.1 Å². The Morgan fingerprint density at radius 3 is 2.46 bits per heavy atom. The first-order chi connectivity index (χ1) is 17.1. The molecule has 2 aliphatic rings. The van der Waals surface area contributed by atoms with Crippen LogP contribution in [0.25, 0.3) is 0 Å². The fraction of sp³-hybridized carbons (Fsp3) is 0.250. The van der Waals surface area contributed by atoms with E-state index in [1.54, 1.807) is 6.92 Å². The third kappa shape index (κ3) is 4.87. The molecule has 0 aromatic heterocycles. The van der Waals surface area contributed by atoms with E-state index in [9.17, 15) is 9.59 Å². The molecule has 0 unspecified atom stereocenters. The molecule has 5 rings (SSSR count).